The Hall–Kier alpha value is -1.85. The Morgan fingerprint density at radius 1 is 1.14 bits per heavy atom. The molecule has 0 saturated carbocycles. The predicted octanol–water partition coefficient (Wildman–Crippen LogP) is 3.89. The van der Waals surface area contributed by atoms with Gasteiger partial charge in [-0.25, -0.2) is 8.42 Å². The fraction of sp³-hybridized carbons (Fsp3) is 0.0625. The summed E-state index contributed by atoms with van der Waals surface area (Å²) in [6, 6.07) is 14.6. The fourth-order valence-electron chi connectivity index (χ4n) is 2.32. The molecule has 0 N–H and O–H groups in total. The average molecular weight is 422 g/mol. The highest BCUT2D eigenvalue weighted by Crippen LogP contribution is 2.39. The molecule has 2 aromatic carbocycles. The Morgan fingerprint density at radius 2 is 1.82 bits per heavy atom. The second-order valence-electron chi connectivity index (χ2n) is 4.93. The second kappa shape index (κ2) is 5.41. The van der Waals surface area contributed by atoms with Crippen molar-refractivity contribution < 1.29 is 8.42 Å². The number of fused-ring (bicyclic) bond motifs is 1. The topological polar surface area (TPSA) is 61.2 Å². The van der Waals surface area contributed by atoms with E-state index in [2.05, 4.69) is 22.6 Å². The number of sulfone groups is 1. The smallest absolute Gasteiger partial charge is 0.220 e. The largest absolute Gasteiger partial charge is 0.314 e. The van der Waals surface area contributed by atoms with Crippen LogP contribution in [0.4, 0.5) is 11.4 Å². The van der Waals surface area contributed by atoms with E-state index in [1.165, 1.54) is 6.20 Å². The Kier molecular flexibility index (Phi) is 3.70. The SMILES string of the molecule is Cc1ccc2c(c1)N(c1ccc(I)cc1)C=C(C#N)S2(=O)=O. The molecule has 0 radical (unpaired) electrons. The second-order valence-corrected chi connectivity index (χ2v) is 8.06. The molecule has 0 unspecified atom stereocenters. The highest BCUT2D eigenvalue weighted by molar-refractivity contribution is 14.1. The number of allylic oxidation sites excluding steroid dienone is 1. The molecule has 0 saturated heterocycles. The van der Waals surface area contributed by atoms with Gasteiger partial charge in [0.2, 0.25) is 9.84 Å². The molecule has 1 aliphatic heterocycles. The van der Waals surface area contributed by atoms with Crippen LogP contribution in [0.15, 0.2) is 58.5 Å². The van der Waals surface area contributed by atoms with Crippen LogP contribution in [0.1, 0.15) is 5.56 Å². The fourth-order valence-corrected chi connectivity index (χ4v) is 3.96. The predicted molar refractivity (Wildman–Crippen MR) is 93.4 cm³/mol. The minimum atomic E-state index is -3.74. The summed E-state index contributed by atoms with van der Waals surface area (Å²) in [4.78, 5) is 1.66. The van der Waals surface area contributed by atoms with E-state index in [1.807, 2.05) is 37.3 Å². The number of nitrogens with zero attached hydrogens (tertiary/aromatic N) is 2. The molecule has 0 amide bonds. The molecule has 1 aliphatic rings. The number of benzene rings is 2. The third-order valence-corrected chi connectivity index (χ3v) is 5.83. The van der Waals surface area contributed by atoms with Crippen molar-refractivity contribution in [3.63, 3.8) is 0 Å². The molecule has 0 bridgehead atoms. The minimum Gasteiger partial charge on any atom is -0.314 e. The van der Waals surface area contributed by atoms with Crippen LogP contribution in [-0.2, 0) is 9.84 Å². The van der Waals surface area contributed by atoms with Crippen molar-refractivity contribution in [2.75, 3.05) is 4.90 Å². The number of hydrogen-bond donors (Lipinski definition) is 0. The van der Waals surface area contributed by atoms with Crippen molar-refractivity contribution in [1.82, 2.24) is 0 Å². The van der Waals surface area contributed by atoms with Crippen LogP contribution < -0.4 is 4.90 Å². The monoisotopic (exact) mass is 422 g/mol. The lowest BCUT2D eigenvalue weighted by molar-refractivity contribution is 0.602. The molecule has 0 atom stereocenters. The van der Waals surface area contributed by atoms with Crippen molar-refractivity contribution in [1.29, 1.82) is 5.26 Å². The summed E-state index contributed by atoms with van der Waals surface area (Å²) in [6.07, 6.45) is 1.39. The third-order valence-electron chi connectivity index (χ3n) is 3.41. The maximum atomic E-state index is 12.5. The van der Waals surface area contributed by atoms with Gasteiger partial charge in [-0.15, -0.1) is 0 Å². The van der Waals surface area contributed by atoms with E-state index in [-0.39, 0.29) is 9.80 Å². The first-order valence-electron chi connectivity index (χ1n) is 6.46. The number of anilines is 2. The average Bonchev–Trinajstić information content (AvgIpc) is 2.48. The first-order chi connectivity index (χ1) is 10.4. The first-order valence-corrected chi connectivity index (χ1v) is 9.02. The lowest BCUT2D eigenvalue weighted by Crippen LogP contribution is -2.21. The lowest BCUT2D eigenvalue weighted by Gasteiger charge is -2.28. The number of hydrogen-bond acceptors (Lipinski definition) is 4. The van der Waals surface area contributed by atoms with Gasteiger partial charge in [-0.2, -0.15) is 5.26 Å². The zero-order valence-corrected chi connectivity index (χ0v) is 14.6. The van der Waals surface area contributed by atoms with E-state index in [0.29, 0.717) is 5.69 Å². The highest BCUT2D eigenvalue weighted by atomic mass is 127. The van der Waals surface area contributed by atoms with Gasteiger partial charge in [0.1, 0.15) is 6.07 Å². The summed E-state index contributed by atoms with van der Waals surface area (Å²) in [5.74, 6) is 0. The summed E-state index contributed by atoms with van der Waals surface area (Å²) >= 11 is 2.21. The van der Waals surface area contributed by atoms with Gasteiger partial charge in [-0.3, -0.25) is 0 Å². The molecule has 0 aromatic heterocycles. The molecule has 4 nitrogen and oxygen atoms in total. The molecule has 0 aliphatic carbocycles. The van der Waals surface area contributed by atoms with Crippen molar-refractivity contribution in [2.45, 2.75) is 11.8 Å². The molecule has 110 valence electrons. The Balaban J connectivity index is 2.29. The van der Waals surface area contributed by atoms with E-state index < -0.39 is 9.84 Å². The van der Waals surface area contributed by atoms with Crippen molar-refractivity contribution in [2.24, 2.45) is 0 Å². The van der Waals surface area contributed by atoms with Gasteiger partial charge >= 0.3 is 0 Å². The summed E-state index contributed by atoms with van der Waals surface area (Å²) in [7, 11) is -3.74. The third kappa shape index (κ3) is 2.40. The number of aryl methyl sites for hydroxylation is 1. The molecule has 0 fully saturated rings. The summed E-state index contributed by atoms with van der Waals surface area (Å²) in [5, 5.41) is 9.19. The van der Waals surface area contributed by atoms with Crippen molar-refractivity contribution in [3.05, 3.63) is 62.7 Å². The maximum Gasteiger partial charge on any atom is 0.220 e. The molecular formula is C16H11IN2O2S. The standard InChI is InChI=1S/C16H11IN2O2S/c1-11-2-7-16-15(8-11)19(10-14(9-18)22(16,20)21)13-5-3-12(17)4-6-13/h2-8,10H,1H3. The molecule has 1 heterocycles. The van der Waals surface area contributed by atoms with E-state index in [4.69, 9.17) is 0 Å². The van der Waals surface area contributed by atoms with Gasteiger partial charge in [0.25, 0.3) is 0 Å². The van der Waals surface area contributed by atoms with Crippen LogP contribution in [0.2, 0.25) is 0 Å². The Bertz CT molecular complexity index is 926. The van der Waals surface area contributed by atoms with Crippen LogP contribution >= 0.6 is 22.6 Å². The van der Waals surface area contributed by atoms with Crippen LogP contribution in [0.3, 0.4) is 0 Å². The van der Waals surface area contributed by atoms with E-state index in [9.17, 15) is 13.7 Å². The quantitative estimate of drug-likeness (QED) is 0.655. The molecule has 0 spiro atoms. The molecule has 6 heteroatoms. The van der Waals surface area contributed by atoms with Gasteiger partial charge in [0, 0.05) is 15.5 Å². The van der Waals surface area contributed by atoms with Gasteiger partial charge in [-0.05, 0) is 71.5 Å². The van der Waals surface area contributed by atoms with E-state index in [1.54, 1.807) is 23.1 Å². The number of nitriles is 1. The molecule has 2 aromatic rings. The normalized spacial score (nSPS) is 15.7. The summed E-state index contributed by atoms with van der Waals surface area (Å²) < 4.78 is 26.0. The van der Waals surface area contributed by atoms with Gasteiger partial charge in [0.05, 0.1) is 10.6 Å². The van der Waals surface area contributed by atoms with Crippen LogP contribution in [0.5, 0.6) is 0 Å². The van der Waals surface area contributed by atoms with E-state index >= 15 is 0 Å². The first kappa shape index (κ1) is 15.1. The van der Waals surface area contributed by atoms with Gasteiger partial charge in [0.15, 0.2) is 4.91 Å². The Morgan fingerprint density at radius 3 is 2.45 bits per heavy atom. The molecular weight excluding hydrogens is 411 g/mol. The summed E-state index contributed by atoms with van der Waals surface area (Å²) in [5.41, 5.74) is 2.34. The summed E-state index contributed by atoms with van der Waals surface area (Å²) in [6.45, 7) is 1.91. The lowest BCUT2D eigenvalue weighted by atomic mass is 10.2. The van der Waals surface area contributed by atoms with Gasteiger partial charge < -0.3 is 4.90 Å². The number of halogens is 1. The molecule has 22 heavy (non-hydrogen) atoms. The van der Waals surface area contributed by atoms with Crippen LogP contribution in [0, 0.1) is 21.8 Å². The zero-order chi connectivity index (χ0) is 15.9. The van der Waals surface area contributed by atoms with Crippen LogP contribution in [0.25, 0.3) is 0 Å². The zero-order valence-electron chi connectivity index (χ0n) is 11.6. The maximum absolute atomic E-state index is 12.5. The molecule has 3 rings (SSSR count). The van der Waals surface area contributed by atoms with Crippen molar-refractivity contribution >= 4 is 43.8 Å². The van der Waals surface area contributed by atoms with Gasteiger partial charge in [-0.1, -0.05) is 6.07 Å². The van der Waals surface area contributed by atoms with E-state index in [0.717, 1.165) is 14.8 Å². The van der Waals surface area contributed by atoms with Crippen LogP contribution in [-0.4, -0.2) is 8.42 Å². The Labute approximate surface area is 142 Å². The minimum absolute atomic E-state index is 0.163. The highest BCUT2D eigenvalue weighted by Gasteiger charge is 2.31. The number of rotatable bonds is 1. The van der Waals surface area contributed by atoms with Crippen molar-refractivity contribution in [3.8, 4) is 6.07 Å².